The average molecular weight is 447 g/mol. The Morgan fingerprint density at radius 1 is 0.935 bits per heavy atom. The molecule has 1 fully saturated rings. The van der Waals surface area contributed by atoms with Gasteiger partial charge in [0.15, 0.2) is 0 Å². The third-order valence-corrected chi connectivity index (χ3v) is 7.18. The molecule has 1 aliphatic heterocycles. The molecule has 0 aliphatic carbocycles. The molecule has 2 aromatic carbocycles. The third kappa shape index (κ3) is 5.12. The van der Waals surface area contributed by atoms with Crippen molar-refractivity contribution >= 4 is 22.0 Å². The fourth-order valence-electron chi connectivity index (χ4n) is 3.59. The smallest absolute Gasteiger partial charge is 0.339 e. The minimum Gasteiger partial charge on any atom is -0.465 e. The quantitative estimate of drug-likeness (QED) is 0.627. The minimum atomic E-state index is -4.02. The molecule has 0 atom stereocenters. The second kappa shape index (κ2) is 9.59. The predicted octanol–water partition coefficient (Wildman–Crippen LogP) is 2.07. The van der Waals surface area contributed by atoms with E-state index in [1.165, 1.54) is 47.9 Å². The van der Waals surface area contributed by atoms with Crippen LogP contribution in [0.25, 0.3) is 0 Å². The molecule has 1 aliphatic rings. The summed E-state index contributed by atoms with van der Waals surface area (Å²) in [5.41, 5.74) is 2.29. The second-order valence-corrected chi connectivity index (χ2v) is 9.27. The van der Waals surface area contributed by atoms with Gasteiger partial charge in [0.05, 0.1) is 30.2 Å². The highest BCUT2D eigenvalue weighted by Gasteiger charge is 2.33. The van der Waals surface area contributed by atoms with E-state index in [0.717, 1.165) is 6.54 Å². The lowest BCUT2D eigenvalue weighted by Gasteiger charge is -2.34. The molecule has 31 heavy (non-hydrogen) atoms. The number of sulfonamides is 1. The Balaban J connectivity index is 1.81. The summed E-state index contributed by atoms with van der Waals surface area (Å²) in [6.45, 7) is 4.43. The summed E-state index contributed by atoms with van der Waals surface area (Å²) in [7, 11) is -1.63. The summed E-state index contributed by atoms with van der Waals surface area (Å²) in [5.74, 6) is -1.47. The first kappa shape index (κ1) is 22.9. The third-order valence-electron chi connectivity index (χ3n) is 5.25. The lowest BCUT2D eigenvalue weighted by Crippen LogP contribution is -2.48. The zero-order valence-electron chi connectivity index (χ0n) is 17.8. The van der Waals surface area contributed by atoms with Crippen LogP contribution in [0.1, 0.15) is 31.8 Å². The number of aryl methyl sites for hydroxylation is 1. The van der Waals surface area contributed by atoms with Crippen molar-refractivity contribution in [3.8, 4) is 0 Å². The number of ether oxygens (including phenoxy) is 2. The highest BCUT2D eigenvalue weighted by molar-refractivity contribution is 7.89. The van der Waals surface area contributed by atoms with Crippen LogP contribution in [-0.2, 0) is 26.0 Å². The zero-order valence-corrected chi connectivity index (χ0v) is 18.6. The van der Waals surface area contributed by atoms with Crippen molar-refractivity contribution in [1.29, 1.82) is 0 Å². The molecule has 0 spiro atoms. The van der Waals surface area contributed by atoms with Gasteiger partial charge in [0.1, 0.15) is 0 Å². The summed E-state index contributed by atoms with van der Waals surface area (Å²) in [4.78, 5) is 26.0. The van der Waals surface area contributed by atoms with Gasteiger partial charge < -0.3 is 9.47 Å². The molecule has 3 rings (SSSR count). The molecule has 0 radical (unpaired) electrons. The van der Waals surface area contributed by atoms with Crippen molar-refractivity contribution in [3.05, 3.63) is 64.7 Å². The maximum absolute atomic E-state index is 13.3. The number of nitrogens with zero attached hydrogens (tertiary/aromatic N) is 2. The van der Waals surface area contributed by atoms with Gasteiger partial charge in [0.25, 0.3) is 0 Å². The first-order valence-electron chi connectivity index (χ1n) is 9.85. The van der Waals surface area contributed by atoms with Gasteiger partial charge in [-0.15, -0.1) is 0 Å². The number of carbonyl (C=O) groups excluding carboxylic acids is 2. The molecule has 2 aromatic rings. The Labute approximate surface area is 182 Å². The second-order valence-electron chi connectivity index (χ2n) is 7.36. The standard InChI is InChI=1S/C22H26N2O6S/c1-16-5-4-6-17(13-16)15-23-9-11-24(12-10-23)31(27,28)20-14-18(21(25)29-2)7-8-19(20)22(26)30-3/h4-8,13-14H,9-12,15H2,1-3H3. The van der Waals surface area contributed by atoms with Crippen LogP contribution >= 0.6 is 0 Å². The molecular formula is C22H26N2O6S. The lowest BCUT2D eigenvalue weighted by molar-refractivity contribution is 0.0583. The van der Waals surface area contributed by atoms with E-state index in [1.807, 2.05) is 19.1 Å². The molecule has 9 heteroatoms. The van der Waals surface area contributed by atoms with Crippen LogP contribution in [0.5, 0.6) is 0 Å². The van der Waals surface area contributed by atoms with Crippen molar-refractivity contribution < 1.29 is 27.5 Å². The van der Waals surface area contributed by atoms with Gasteiger partial charge in [0, 0.05) is 32.7 Å². The molecule has 0 bridgehead atoms. The average Bonchev–Trinajstić information content (AvgIpc) is 2.78. The highest BCUT2D eigenvalue weighted by atomic mass is 32.2. The Kier molecular flexibility index (Phi) is 7.09. The van der Waals surface area contributed by atoms with Crippen LogP contribution in [-0.4, -0.2) is 70.0 Å². The molecule has 0 unspecified atom stereocenters. The maximum Gasteiger partial charge on any atom is 0.339 e. The van der Waals surface area contributed by atoms with E-state index in [4.69, 9.17) is 4.74 Å². The van der Waals surface area contributed by atoms with Crippen molar-refractivity contribution in [2.75, 3.05) is 40.4 Å². The largest absolute Gasteiger partial charge is 0.465 e. The Hall–Kier alpha value is -2.75. The van der Waals surface area contributed by atoms with Crippen LogP contribution in [0.15, 0.2) is 47.4 Å². The SMILES string of the molecule is COC(=O)c1ccc(C(=O)OC)c(S(=O)(=O)N2CCN(Cc3cccc(C)c3)CC2)c1. The Morgan fingerprint density at radius 3 is 2.23 bits per heavy atom. The predicted molar refractivity (Wildman–Crippen MR) is 114 cm³/mol. The fourth-order valence-corrected chi connectivity index (χ4v) is 5.22. The molecule has 8 nitrogen and oxygen atoms in total. The van der Waals surface area contributed by atoms with Crippen LogP contribution in [0, 0.1) is 6.92 Å². The number of methoxy groups -OCH3 is 2. The number of rotatable bonds is 6. The number of hydrogen-bond acceptors (Lipinski definition) is 7. The summed E-state index contributed by atoms with van der Waals surface area (Å²) in [5, 5.41) is 0. The first-order valence-corrected chi connectivity index (χ1v) is 11.3. The molecule has 0 aromatic heterocycles. The van der Waals surface area contributed by atoms with Crippen LogP contribution in [0.2, 0.25) is 0 Å². The molecule has 0 N–H and O–H groups in total. The topological polar surface area (TPSA) is 93.2 Å². The van der Waals surface area contributed by atoms with Crippen LogP contribution in [0.3, 0.4) is 0 Å². The van der Waals surface area contributed by atoms with Crippen LogP contribution in [0.4, 0.5) is 0 Å². The van der Waals surface area contributed by atoms with Gasteiger partial charge in [-0.05, 0) is 30.7 Å². The van der Waals surface area contributed by atoms with Crippen LogP contribution < -0.4 is 0 Å². The Morgan fingerprint density at radius 2 is 1.61 bits per heavy atom. The zero-order chi connectivity index (χ0) is 22.6. The van der Waals surface area contributed by atoms with Gasteiger partial charge in [-0.3, -0.25) is 4.90 Å². The van der Waals surface area contributed by atoms with Gasteiger partial charge >= 0.3 is 11.9 Å². The number of esters is 2. The highest BCUT2D eigenvalue weighted by Crippen LogP contribution is 2.25. The summed E-state index contributed by atoms with van der Waals surface area (Å²) >= 11 is 0. The molecular weight excluding hydrogens is 420 g/mol. The van der Waals surface area contributed by atoms with Crippen molar-refractivity contribution in [1.82, 2.24) is 9.21 Å². The lowest BCUT2D eigenvalue weighted by atomic mass is 10.1. The number of piperazine rings is 1. The summed E-state index contributed by atoms with van der Waals surface area (Å²) in [6.07, 6.45) is 0. The van der Waals surface area contributed by atoms with E-state index < -0.39 is 22.0 Å². The minimum absolute atomic E-state index is 0.0480. The van der Waals surface area contributed by atoms with E-state index >= 15 is 0 Å². The van der Waals surface area contributed by atoms with Crippen molar-refractivity contribution in [3.63, 3.8) is 0 Å². The number of hydrogen-bond donors (Lipinski definition) is 0. The van der Waals surface area contributed by atoms with Crippen molar-refractivity contribution in [2.24, 2.45) is 0 Å². The van der Waals surface area contributed by atoms with E-state index in [9.17, 15) is 18.0 Å². The molecule has 1 heterocycles. The monoisotopic (exact) mass is 446 g/mol. The summed E-state index contributed by atoms with van der Waals surface area (Å²) in [6, 6.07) is 12.0. The van der Waals surface area contributed by atoms with E-state index in [1.54, 1.807) is 0 Å². The van der Waals surface area contributed by atoms with Gasteiger partial charge in [-0.2, -0.15) is 4.31 Å². The Bertz CT molecular complexity index is 1080. The maximum atomic E-state index is 13.3. The van der Waals surface area contributed by atoms with Gasteiger partial charge in [-0.1, -0.05) is 29.8 Å². The fraction of sp³-hybridized carbons (Fsp3) is 0.364. The molecule has 166 valence electrons. The number of benzene rings is 2. The molecule has 0 saturated carbocycles. The van der Waals surface area contributed by atoms with Gasteiger partial charge in [0.2, 0.25) is 10.0 Å². The molecule has 0 amide bonds. The van der Waals surface area contributed by atoms with Crippen molar-refractivity contribution in [2.45, 2.75) is 18.4 Å². The normalized spacial score (nSPS) is 15.5. The molecule has 1 saturated heterocycles. The summed E-state index contributed by atoms with van der Waals surface area (Å²) < 4.78 is 37.5. The first-order chi connectivity index (χ1) is 14.8. The van der Waals surface area contributed by atoms with E-state index in [0.29, 0.717) is 13.1 Å². The van der Waals surface area contributed by atoms with E-state index in [2.05, 4.69) is 21.8 Å². The van der Waals surface area contributed by atoms with E-state index in [-0.39, 0.29) is 29.1 Å². The number of carbonyl (C=O) groups is 2. The van der Waals surface area contributed by atoms with Gasteiger partial charge in [-0.25, -0.2) is 18.0 Å².